The first-order chi connectivity index (χ1) is 16.9. The van der Waals surface area contributed by atoms with Crippen molar-refractivity contribution in [1.82, 2.24) is 10.2 Å². The minimum absolute atomic E-state index is 0.127. The Morgan fingerprint density at radius 3 is 2.63 bits per heavy atom. The topological polar surface area (TPSA) is 95.7 Å². The van der Waals surface area contributed by atoms with Crippen LogP contribution in [0.4, 0.5) is 0 Å². The summed E-state index contributed by atoms with van der Waals surface area (Å²) in [6.45, 7) is 3.68. The molecule has 0 saturated heterocycles. The summed E-state index contributed by atoms with van der Waals surface area (Å²) in [5.74, 6) is 0.431. The van der Waals surface area contributed by atoms with Crippen LogP contribution in [0.5, 0.6) is 5.75 Å². The highest BCUT2D eigenvalue weighted by atomic mass is 16.3. The van der Waals surface area contributed by atoms with Crippen LogP contribution in [0.2, 0.25) is 0 Å². The van der Waals surface area contributed by atoms with Crippen LogP contribution in [0.3, 0.4) is 0 Å². The van der Waals surface area contributed by atoms with Crippen LogP contribution in [0.1, 0.15) is 46.4 Å². The molecule has 6 heteroatoms. The van der Waals surface area contributed by atoms with Gasteiger partial charge in [-0.15, -0.1) is 0 Å². The number of aliphatic hydroxyl groups is 2. The van der Waals surface area contributed by atoms with Crippen molar-refractivity contribution in [3.05, 3.63) is 100 Å². The van der Waals surface area contributed by atoms with Gasteiger partial charge in [-0.3, -0.25) is 4.79 Å². The summed E-state index contributed by atoms with van der Waals surface area (Å²) in [5.41, 5.74) is 5.94. The zero-order chi connectivity index (χ0) is 24.8. The molecule has 1 aliphatic rings. The van der Waals surface area contributed by atoms with E-state index in [1.165, 1.54) is 11.1 Å². The van der Waals surface area contributed by atoms with E-state index >= 15 is 0 Å². The summed E-state index contributed by atoms with van der Waals surface area (Å²) in [5, 5.41) is 31.0. The zero-order valence-electron chi connectivity index (χ0n) is 20.2. The quantitative estimate of drug-likeness (QED) is 0.415. The summed E-state index contributed by atoms with van der Waals surface area (Å²) >= 11 is 0. The molecular weight excluding hydrogens is 440 g/mol. The van der Waals surface area contributed by atoms with E-state index in [0.717, 1.165) is 30.5 Å². The van der Waals surface area contributed by atoms with Gasteiger partial charge in [0.2, 0.25) is 5.91 Å². The molecule has 1 amide bonds. The first-order valence-electron chi connectivity index (χ1n) is 12.2. The van der Waals surface area contributed by atoms with Gasteiger partial charge in [-0.1, -0.05) is 48.5 Å². The van der Waals surface area contributed by atoms with Crippen molar-refractivity contribution in [2.75, 3.05) is 13.1 Å². The number of amides is 1. The van der Waals surface area contributed by atoms with Gasteiger partial charge in [0.05, 0.1) is 24.7 Å². The molecule has 0 fully saturated rings. The maximum atomic E-state index is 12.9. The van der Waals surface area contributed by atoms with Crippen molar-refractivity contribution < 1.29 is 20.1 Å². The number of nitrogens with zero attached hydrogens (tertiary/aromatic N) is 1. The molecular formula is C29H35N2O4+. The SMILES string of the molecule is C[C@H](Cc1cccc(CC(=O)N2CCc3ccccc3C2)c1)NC[C@H](O)c1ccc([OH2+])c(CO)c1. The highest BCUT2D eigenvalue weighted by molar-refractivity contribution is 5.79. The maximum Gasteiger partial charge on any atom is 0.259 e. The molecule has 4 rings (SSSR count). The van der Waals surface area contributed by atoms with E-state index in [-0.39, 0.29) is 24.3 Å². The third kappa shape index (κ3) is 6.48. The largest absolute Gasteiger partial charge is 0.593 e. The van der Waals surface area contributed by atoms with Gasteiger partial charge in [0.15, 0.2) is 0 Å². The van der Waals surface area contributed by atoms with Crippen LogP contribution in [0, 0.1) is 0 Å². The number of hydrogen-bond donors (Lipinski definition) is 3. The number of hydrogen-bond acceptors (Lipinski definition) is 4. The van der Waals surface area contributed by atoms with Gasteiger partial charge in [0, 0.05) is 31.7 Å². The Hall–Kier alpha value is -3.19. The molecule has 2 atom stereocenters. The molecule has 3 aromatic carbocycles. The first-order valence-corrected chi connectivity index (χ1v) is 12.2. The Morgan fingerprint density at radius 1 is 1.06 bits per heavy atom. The van der Waals surface area contributed by atoms with Gasteiger partial charge < -0.3 is 25.5 Å². The second-order valence-electron chi connectivity index (χ2n) is 9.43. The Bertz CT molecular complexity index is 1160. The molecule has 1 aliphatic heterocycles. The highest BCUT2D eigenvalue weighted by Gasteiger charge is 2.20. The number of benzene rings is 3. The van der Waals surface area contributed by atoms with Crippen molar-refractivity contribution in [1.29, 1.82) is 0 Å². The molecule has 0 bridgehead atoms. The number of rotatable bonds is 9. The minimum Gasteiger partial charge on any atom is -0.593 e. The number of nitrogens with one attached hydrogen (secondary N) is 1. The molecule has 0 saturated carbocycles. The van der Waals surface area contributed by atoms with Crippen molar-refractivity contribution in [3.63, 3.8) is 0 Å². The fourth-order valence-electron chi connectivity index (χ4n) is 4.67. The van der Waals surface area contributed by atoms with E-state index in [2.05, 4.69) is 42.6 Å². The van der Waals surface area contributed by atoms with Crippen LogP contribution in [0.25, 0.3) is 0 Å². The second-order valence-corrected chi connectivity index (χ2v) is 9.43. The van der Waals surface area contributed by atoms with E-state index < -0.39 is 6.10 Å². The van der Waals surface area contributed by atoms with Gasteiger partial charge in [-0.25, -0.2) is 0 Å². The van der Waals surface area contributed by atoms with E-state index in [1.54, 1.807) is 18.2 Å². The Kier molecular flexibility index (Phi) is 8.18. The van der Waals surface area contributed by atoms with Crippen LogP contribution in [0.15, 0.2) is 66.7 Å². The normalized spacial score (nSPS) is 14.9. The minimum atomic E-state index is -0.720. The lowest BCUT2D eigenvalue weighted by molar-refractivity contribution is -0.131. The molecule has 184 valence electrons. The number of fused-ring (bicyclic) bond motifs is 1. The summed E-state index contributed by atoms with van der Waals surface area (Å²) in [6, 6.07) is 21.7. The Morgan fingerprint density at radius 2 is 1.83 bits per heavy atom. The predicted octanol–water partition coefficient (Wildman–Crippen LogP) is 3.00. The lowest BCUT2D eigenvalue weighted by atomic mass is 9.98. The van der Waals surface area contributed by atoms with Crippen LogP contribution >= 0.6 is 0 Å². The van der Waals surface area contributed by atoms with E-state index in [9.17, 15) is 15.0 Å². The summed E-state index contributed by atoms with van der Waals surface area (Å²) in [6.07, 6.45) is 1.36. The molecule has 5 N–H and O–H groups in total. The highest BCUT2D eigenvalue weighted by Crippen LogP contribution is 2.23. The first kappa shape index (κ1) is 24.9. The Labute approximate surface area is 206 Å². The lowest BCUT2D eigenvalue weighted by Gasteiger charge is -2.29. The van der Waals surface area contributed by atoms with Crippen molar-refractivity contribution in [2.45, 2.75) is 51.5 Å². The third-order valence-corrected chi connectivity index (χ3v) is 6.72. The standard InChI is InChI=1S/C29H34N2O4/c1-20(30-17-28(34)24-9-10-27(33)26(16-24)19-32)13-21-5-4-6-22(14-21)15-29(35)31-12-11-23-7-2-3-8-25(23)18-31/h2-10,14,16,20,28,30,32-34H,11-13,15,17-19H2,1H3/p+1/t20-,28+/m1/s1. The summed E-state index contributed by atoms with van der Waals surface area (Å²) < 4.78 is 0. The van der Waals surface area contributed by atoms with Gasteiger partial charge in [0.25, 0.3) is 5.75 Å². The zero-order valence-corrected chi connectivity index (χ0v) is 20.2. The Balaban J connectivity index is 1.29. The fraction of sp³-hybridized carbons (Fsp3) is 0.345. The number of carbonyl (C=O) groups is 1. The average molecular weight is 476 g/mol. The number of aliphatic hydroxyl groups excluding tert-OH is 2. The monoisotopic (exact) mass is 475 g/mol. The van der Waals surface area contributed by atoms with E-state index in [0.29, 0.717) is 30.6 Å². The fourth-order valence-corrected chi connectivity index (χ4v) is 4.67. The van der Waals surface area contributed by atoms with Gasteiger partial charge in [-0.2, -0.15) is 0 Å². The molecule has 6 nitrogen and oxygen atoms in total. The molecule has 0 aromatic heterocycles. The molecule has 0 spiro atoms. The summed E-state index contributed by atoms with van der Waals surface area (Å²) in [4.78, 5) is 14.9. The van der Waals surface area contributed by atoms with E-state index in [4.69, 9.17) is 5.11 Å². The van der Waals surface area contributed by atoms with Crippen molar-refractivity contribution >= 4 is 5.91 Å². The molecule has 1 heterocycles. The van der Waals surface area contributed by atoms with E-state index in [1.807, 2.05) is 23.1 Å². The van der Waals surface area contributed by atoms with Crippen LogP contribution in [-0.4, -0.2) is 45.3 Å². The van der Waals surface area contributed by atoms with Gasteiger partial charge >= 0.3 is 0 Å². The number of carbonyl (C=O) groups excluding carboxylic acids is 1. The molecule has 0 radical (unpaired) electrons. The molecule has 0 unspecified atom stereocenters. The maximum absolute atomic E-state index is 12.9. The van der Waals surface area contributed by atoms with Crippen LogP contribution < -0.4 is 5.32 Å². The molecule has 3 aromatic rings. The lowest BCUT2D eigenvalue weighted by Crippen LogP contribution is -2.36. The van der Waals surface area contributed by atoms with Gasteiger partial charge in [-0.05, 0) is 59.7 Å². The smallest absolute Gasteiger partial charge is 0.259 e. The summed E-state index contributed by atoms with van der Waals surface area (Å²) in [7, 11) is 0. The predicted molar refractivity (Wildman–Crippen MR) is 137 cm³/mol. The van der Waals surface area contributed by atoms with Gasteiger partial charge in [0.1, 0.15) is 0 Å². The van der Waals surface area contributed by atoms with Crippen molar-refractivity contribution in [2.24, 2.45) is 0 Å². The average Bonchev–Trinajstić information content (AvgIpc) is 2.87. The van der Waals surface area contributed by atoms with Crippen molar-refractivity contribution in [3.8, 4) is 5.75 Å². The van der Waals surface area contributed by atoms with Crippen LogP contribution in [-0.2, 0) is 37.2 Å². The second kappa shape index (κ2) is 11.5. The molecule has 0 aliphatic carbocycles. The molecule has 35 heavy (non-hydrogen) atoms. The third-order valence-electron chi connectivity index (χ3n) is 6.72.